The lowest BCUT2D eigenvalue weighted by molar-refractivity contribution is -0.141. The van der Waals surface area contributed by atoms with Crippen molar-refractivity contribution >= 4 is 50.6 Å². The number of hydrogen-bond acceptors (Lipinski definition) is 8. The van der Waals surface area contributed by atoms with Crippen molar-refractivity contribution in [2.24, 2.45) is 5.92 Å². The molecule has 1 aromatic heterocycles. The molecule has 3 saturated carbocycles. The van der Waals surface area contributed by atoms with Gasteiger partial charge in [0, 0.05) is 30.8 Å². The monoisotopic (exact) mass is 722 g/mol. The molecule has 1 saturated heterocycles. The van der Waals surface area contributed by atoms with Crippen LogP contribution in [0.1, 0.15) is 83.5 Å². The first kappa shape index (κ1) is 35.0. The fraction of sp³-hybridized carbons (Fsp3) is 0.583. The fourth-order valence-corrected chi connectivity index (χ4v) is 9.06. The summed E-state index contributed by atoms with van der Waals surface area (Å²) in [4.78, 5) is 69.9. The number of aromatic nitrogens is 1. The Kier molecular flexibility index (Phi) is 9.83. The Morgan fingerprint density at radius 1 is 0.902 bits per heavy atom. The fourth-order valence-electron chi connectivity index (χ4n) is 7.69. The van der Waals surface area contributed by atoms with Crippen molar-refractivity contribution in [1.29, 1.82) is 0 Å². The van der Waals surface area contributed by atoms with E-state index < -0.39 is 74.8 Å². The minimum absolute atomic E-state index is 0.0335. The average molecular weight is 723 g/mol. The number of carbonyl (C=O) groups is 5. The van der Waals surface area contributed by atoms with Crippen molar-refractivity contribution in [2.75, 3.05) is 6.54 Å². The van der Waals surface area contributed by atoms with Crippen LogP contribution in [0.25, 0.3) is 10.8 Å². The number of hydrogen-bond donors (Lipinski definition) is 4. The molecule has 14 nitrogen and oxygen atoms in total. The van der Waals surface area contributed by atoms with Gasteiger partial charge in [-0.3, -0.25) is 23.7 Å². The van der Waals surface area contributed by atoms with Gasteiger partial charge in [0.15, 0.2) is 0 Å². The maximum atomic E-state index is 14.4. The molecule has 1 aromatic carbocycles. The zero-order chi connectivity index (χ0) is 35.8. The Hall–Kier alpha value is -4.40. The highest BCUT2D eigenvalue weighted by atomic mass is 32.2. The Morgan fingerprint density at radius 2 is 1.61 bits per heavy atom. The third-order valence-electron chi connectivity index (χ3n) is 10.9. The molecular formula is C36H46N6O8S. The Bertz CT molecular complexity index is 1800. The van der Waals surface area contributed by atoms with E-state index in [2.05, 4.69) is 20.7 Å². The van der Waals surface area contributed by atoms with E-state index >= 15 is 0 Å². The van der Waals surface area contributed by atoms with Gasteiger partial charge in [-0.2, -0.15) is 0 Å². The first-order valence-corrected chi connectivity index (χ1v) is 19.8. The van der Waals surface area contributed by atoms with Crippen LogP contribution in [0.3, 0.4) is 0 Å². The molecule has 5 atom stereocenters. The van der Waals surface area contributed by atoms with Crippen molar-refractivity contribution in [3.63, 3.8) is 0 Å². The number of nitrogens with one attached hydrogen (secondary N) is 4. The van der Waals surface area contributed by atoms with E-state index in [0.29, 0.717) is 32.1 Å². The lowest BCUT2D eigenvalue weighted by Gasteiger charge is -2.30. The summed E-state index contributed by atoms with van der Waals surface area (Å²) in [5.41, 5.74) is -1.51. The summed E-state index contributed by atoms with van der Waals surface area (Å²) in [6, 6.07) is 4.94. The molecule has 7 rings (SSSR count). The molecule has 0 radical (unpaired) electrons. The van der Waals surface area contributed by atoms with Crippen LogP contribution in [0.4, 0.5) is 9.59 Å². The highest BCUT2D eigenvalue weighted by Crippen LogP contribution is 2.46. The second-order valence-corrected chi connectivity index (χ2v) is 16.7. The number of nitrogens with zero attached hydrogens (tertiary/aromatic N) is 2. The minimum atomic E-state index is -3.89. The Balaban J connectivity index is 1.14. The number of fused-ring (bicyclic) bond motifs is 3. The summed E-state index contributed by atoms with van der Waals surface area (Å²) < 4.78 is 34.9. The molecule has 2 aliphatic heterocycles. The lowest BCUT2D eigenvalue weighted by atomic mass is 10.0. The number of urea groups is 1. The lowest BCUT2D eigenvalue weighted by Crippen LogP contribution is -2.59. The van der Waals surface area contributed by atoms with E-state index in [0.717, 1.165) is 49.3 Å². The second-order valence-electron chi connectivity index (χ2n) is 14.7. The van der Waals surface area contributed by atoms with E-state index in [4.69, 9.17) is 4.74 Å². The molecular weight excluding hydrogens is 676 g/mol. The maximum Gasteiger partial charge on any atom is 0.418 e. The molecule has 4 N–H and O–H groups in total. The molecule has 5 aliphatic rings. The first-order chi connectivity index (χ1) is 24.5. The van der Waals surface area contributed by atoms with E-state index in [9.17, 15) is 32.4 Å². The van der Waals surface area contributed by atoms with Crippen LogP contribution in [0.5, 0.6) is 0 Å². The van der Waals surface area contributed by atoms with Gasteiger partial charge >= 0.3 is 12.1 Å². The predicted molar refractivity (Wildman–Crippen MR) is 187 cm³/mol. The van der Waals surface area contributed by atoms with Gasteiger partial charge in [0.05, 0.1) is 11.8 Å². The zero-order valence-corrected chi connectivity index (χ0v) is 29.4. The molecule has 2 aromatic rings. The summed E-state index contributed by atoms with van der Waals surface area (Å²) in [7, 11) is -3.89. The highest BCUT2D eigenvalue weighted by Gasteiger charge is 2.62. The molecule has 3 heterocycles. The quantitative estimate of drug-likeness (QED) is 0.328. The van der Waals surface area contributed by atoms with Gasteiger partial charge in [-0.05, 0) is 62.1 Å². The van der Waals surface area contributed by atoms with Crippen LogP contribution < -0.4 is 20.7 Å². The predicted octanol–water partition coefficient (Wildman–Crippen LogP) is 3.21. The molecule has 15 heteroatoms. The minimum Gasteiger partial charge on any atom is -0.444 e. The number of carbonyl (C=O) groups excluding carboxylic acids is 5. The van der Waals surface area contributed by atoms with Gasteiger partial charge < -0.3 is 25.6 Å². The average Bonchev–Trinajstić information content (AvgIpc) is 3.88. The topological polar surface area (TPSA) is 185 Å². The van der Waals surface area contributed by atoms with Crippen molar-refractivity contribution in [1.82, 2.24) is 30.1 Å². The van der Waals surface area contributed by atoms with Crippen LogP contribution >= 0.6 is 0 Å². The maximum absolute atomic E-state index is 14.4. The Labute approximate surface area is 297 Å². The number of sulfonamides is 1. The highest BCUT2D eigenvalue weighted by molar-refractivity contribution is 7.91. The summed E-state index contributed by atoms with van der Waals surface area (Å²) in [5.74, 6) is -2.38. The number of benzene rings is 1. The van der Waals surface area contributed by atoms with E-state index in [1.54, 1.807) is 12.4 Å². The van der Waals surface area contributed by atoms with E-state index in [-0.39, 0.29) is 25.4 Å². The summed E-state index contributed by atoms with van der Waals surface area (Å²) in [6.45, 7) is -0.107. The number of allylic oxidation sites excluding steroid dienone is 1. The van der Waals surface area contributed by atoms with Crippen molar-refractivity contribution < 1.29 is 37.1 Å². The van der Waals surface area contributed by atoms with Crippen LogP contribution in [0, 0.1) is 5.92 Å². The molecule has 0 bridgehead atoms. The molecule has 4 fully saturated rings. The van der Waals surface area contributed by atoms with E-state index in [1.165, 1.54) is 9.47 Å². The molecule has 0 spiro atoms. The summed E-state index contributed by atoms with van der Waals surface area (Å²) in [5, 5.41) is 9.73. The van der Waals surface area contributed by atoms with Gasteiger partial charge in [-0.15, -0.1) is 0 Å². The second kappa shape index (κ2) is 14.3. The van der Waals surface area contributed by atoms with Gasteiger partial charge in [0.1, 0.15) is 23.7 Å². The SMILES string of the molecule is O=C(NC1CCCC1)NC1CCCCC/C=C/C2CC2(C(=O)NS(=O)(=O)C2CC2)NC(=O)C2CC(OC(=O)n3cc4ccccc4c3)CN2C1=O. The van der Waals surface area contributed by atoms with Gasteiger partial charge in [0.2, 0.25) is 21.8 Å². The molecule has 274 valence electrons. The van der Waals surface area contributed by atoms with Crippen molar-refractivity contribution in [3.05, 3.63) is 48.8 Å². The van der Waals surface area contributed by atoms with Gasteiger partial charge in [0.25, 0.3) is 5.91 Å². The number of ether oxygens (including phenoxy) is 1. The molecule has 3 aliphatic carbocycles. The molecule has 5 amide bonds. The van der Waals surface area contributed by atoms with Gasteiger partial charge in [-0.1, -0.05) is 62.1 Å². The molecule has 51 heavy (non-hydrogen) atoms. The largest absolute Gasteiger partial charge is 0.444 e. The van der Waals surface area contributed by atoms with Crippen molar-refractivity contribution in [3.8, 4) is 0 Å². The van der Waals surface area contributed by atoms with Gasteiger partial charge in [-0.25, -0.2) is 18.0 Å². The van der Waals surface area contributed by atoms with E-state index in [1.807, 2.05) is 36.4 Å². The Morgan fingerprint density at radius 3 is 2.31 bits per heavy atom. The smallest absolute Gasteiger partial charge is 0.418 e. The van der Waals surface area contributed by atoms with Crippen LogP contribution in [0.15, 0.2) is 48.8 Å². The van der Waals surface area contributed by atoms with Crippen LogP contribution in [0.2, 0.25) is 0 Å². The summed E-state index contributed by atoms with van der Waals surface area (Å²) in [6.07, 6.45) is 13.7. The third kappa shape index (κ3) is 7.77. The molecule has 5 unspecified atom stereocenters. The first-order valence-electron chi connectivity index (χ1n) is 18.2. The third-order valence-corrected chi connectivity index (χ3v) is 12.7. The standard InChI is InChI=1S/C36H46N6O8S/c43-31-30-18-27(50-35(47)41-20-23-10-6-7-11-24(23)21-41)22-42(30)32(44)29(38-34(46)37-26-13-8-9-14-26)15-5-3-1-2-4-12-25-19-36(25,39-31)33(45)40-51(48,49)28-16-17-28/h4,6-7,10-12,20-21,25-30H,1-3,5,8-9,13-19,22H2,(H,39,43)(H,40,45)(H2,37,38,46)/b12-4+. The van der Waals surface area contributed by atoms with Crippen LogP contribution in [-0.4, -0.2) is 89.3 Å². The van der Waals surface area contributed by atoms with Crippen molar-refractivity contribution in [2.45, 2.75) is 118 Å². The number of rotatable bonds is 6. The summed E-state index contributed by atoms with van der Waals surface area (Å²) >= 11 is 0. The number of amides is 5. The van der Waals surface area contributed by atoms with Crippen LogP contribution in [-0.2, 0) is 29.1 Å². The normalized spacial score (nSPS) is 29.5. The zero-order valence-electron chi connectivity index (χ0n) is 28.6.